The maximum absolute atomic E-state index is 13.2. The molecule has 8 nitrogen and oxygen atoms in total. The van der Waals surface area contributed by atoms with Gasteiger partial charge in [0.1, 0.15) is 11.4 Å². The Morgan fingerprint density at radius 1 is 1.19 bits per heavy atom. The van der Waals surface area contributed by atoms with Crippen LogP contribution in [-0.2, 0) is 5.75 Å². The number of nitrogens with zero attached hydrogens (tertiary/aromatic N) is 4. The van der Waals surface area contributed by atoms with E-state index in [-0.39, 0.29) is 11.6 Å². The number of thioether (sulfide) groups is 1. The third-order valence-corrected chi connectivity index (χ3v) is 6.54. The molecule has 1 aromatic heterocycles. The van der Waals surface area contributed by atoms with Gasteiger partial charge in [-0.1, -0.05) is 28.9 Å². The molecule has 1 aliphatic heterocycles. The van der Waals surface area contributed by atoms with E-state index >= 15 is 0 Å². The molecule has 2 heterocycles. The minimum absolute atomic E-state index is 0.0262. The van der Waals surface area contributed by atoms with Crippen LogP contribution in [0.15, 0.2) is 57.9 Å². The Kier molecular flexibility index (Phi) is 6.66. The van der Waals surface area contributed by atoms with E-state index in [0.29, 0.717) is 48.2 Å². The Labute approximate surface area is 194 Å². The van der Waals surface area contributed by atoms with Crippen LogP contribution < -0.4 is 4.90 Å². The van der Waals surface area contributed by atoms with Gasteiger partial charge in [0.15, 0.2) is 0 Å². The molecule has 3 aromatic rings. The van der Waals surface area contributed by atoms with Crippen LogP contribution in [0, 0.1) is 17.0 Å². The number of carbonyl (C=O) groups is 1. The summed E-state index contributed by atoms with van der Waals surface area (Å²) in [4.78, 5) is 28.8. The number of anilines is 1. The molecule has 166 valence electrons. The number of aryl methyl sites for hydroxylation is 1. The van der Waals surface area contributed by atoms with Gasteiger partial charge in [-0.3, -0.25) is 14.9 Å². The van der Waals surface area contributed by atoms with Crippen molar-refractivity contribution in [1.29, 1.82) is 0 Å². The highest BCUT2D eigenvalue weighted by Gasteiger charge is 2.27. The van der Waals surface area contributed by atoms with E-state index in [1.54, 1.807) is 17.0 Å². The van der Waals surface area contributed by atoms with Gasteiger partial charge in [0, 0.05) is 48.2 Å². The Balaban J connectivity index is 1.44. The highest BCUT2D eigenvalue weighted by Crippen LogP contribution is 2.32. The smallest absolute Gasteiger partial charge is 0.294 e. The molecule has 0 unspecified atom stereocenters. The zero-order valence-electron chi connectivity index (χ0n) is 17.4. The average molecular weight is 473 g/mol. The van der Waals surface area contributed by atoms with Crippen molar-refractivity contribution in [3.8, 4) is 0 Å². The van der Waals surface area contributed by atoms with E-state index in [2.05, 4.69) is 5.16 Å². The predicted octanol–water partition coefficient (Wildman–Crippen LogP) is 4.80. The number of hydrogen-bond donors (Lipinski definition) is 0. The maximum atomic E-state index is 13.2. The topological polar surface area (TPSA) is 92.7 Å². The number of hydrogen-bond acceptors (Lipinski definition) is 7. The zero-order valence-corrected chi connectivity index (χ0v) is 18.9. The molecule has 0 radical (unpaired) electrons. The summed E-state index contributed by atoms with van der Waals surface area (Å²) in [5.74, 6) is 1.29. The summed E-state index contributed by atoms with van der Waals surface area (Å²) in [6.07, 6.45) is 0. The second-order valence-electron chi connectivity index (χ2n) is 7.39. The summed E-state index contributed by atoms with van der Waals surface area (Å²) in [5, 5.41) is 15.6. The predicted molar refractivity (Wildman–Crippen MR) is 123 cm³/mol. The third-order valence-electron chi connectivity index (χ3n) is 5.21. The first-order valence-electron chi connectivity index (χ1n) is 10.0. The van der Waals surface area contributed by atoms with Crippen LogP contribution in [0.3, 0.4) is 0 Å². The molecule has 10 heteroatoms. The Hall–Kier alpha value is -3.04. The number of nitro benzene ring substituents is 1. The molecule has 0 spiro atoms. The number of piperazine rings is 1. The van der Waals surface area contributed by atoms with Crippen LogP contribution in [0.4, 0.5) is 11.4 Å². The lowest BCUT2D eigenvalue weighted by Crippen LogP contribution is -2.49. The summed E-state index contributed by atoms with van der Waals surface area (Å²) in [5.41, 5.74) is 1.95. The van der Waals surface area contributed by atoms with Crippen molar-refractivity contribution in [3.05, 3.63) is 80.7 Å². The van der Waals surface area contributed by atoms with Crippen molar-refractivity contribution < 1.29 is 14.2 Å². The third kappa shape index (κ3) is 4.89. The lowest BCUT2D eigenvalue weighted by Gasteiger charge is -2.36. The Bertz CT molecular complexity index is 1140. The number of carbonyl (C=O) groups excluding carboxylic acids is 1. The second kappa shape index (κ2) is 9.62. The van der Waals surface area contributed by atoms with E-state index in [1.807, 2.05) is 42.2 Å². The van der Waals surface area contributed by atoms with Crippen LogP contribution in [0.2, 0.25) is 5.02 Å². The number of amides is 1. The number of halogens is 1. The molecule has 32 heavy (non-hydrogen) atoms. The summed E-state index contributed by atoms with van der Waals surface area (Å²) in [6.45, 7) is 3.81. The normalized spacial score (nSPS) is 13.9. The molecule has 1 saturated heterocycles. The van der Waals surface area contributed by atoms with Gasteiger partial charge in [0.2, 0.25) is 0 Å². The molecule has 0 saturated carbocycles. The van der Waals surface area contributed by atoms with Gasteiger partial charge in [0.05, 0.1) is 21.9 Å². The summed E-state index contributed by atoms with van der Waals surface area (Å²) in [7, 11) is 0. The fourth-order valence-electron chi connectivity index (χ4n) is 3.63. The molecule has 4 rings (SSSR count). The molecule has 2 aromatic carbocycles. The molecular formula is C22H21ClN4O4S. The molecule has 1 fully saturated rings. The standard InChI is InChI=1S/C22H21ClN4O4S/c1-15-12-17(31-24-15)14-32-21-5-3-2-4-18(21)22(28)26-10-8-25(9-11-26)19-7-6-16(23)13-20(19)27(29)30/h2-7,12-13H,8-11,14H2,1H3. The lowest BCUT2D eigenvalue weighted by atomic mass is 10.1. The van der Waals surface area contributed by atoms with E-state index in [9.17, 15) is 14.9 Å². The van der Waals surface area contributed by atoms with Gasteiger partial charge in [-0.05, 0) is 31.2 Å². The monoisotopic (exact) mass is 472 g/mol. The van der Waals surface area contributed by atoms with E-state index < -0.39 is 4.92 Å². The van der Waals surface area contributed by atoms with Crippen molar-refractivity contribution >= 4 is 40.6 Å². The SMILES string of the molecule is Cc1cc(CSc2ccccc2C(=O)N2CCN(c3ccc(Cl)cc3[N+](=O)[O-])CC2)on1. The van der Waals surface area contributed by atoms with Crippen molar-refractivity contribution in [2.75, 3.05) is 31.1 Å². The number of aromatic nitrogens is 1. The first kappa shape index (κ1) is 22.2. The zero-order chi connectivity index (χ0) is 22.7. The summed E-state index contributed by atoms with van der Waals surface area (Å²) in [6, 6.07) is 14.1. The van der Waals surface area contributed by atoms with Crippen LogP contribution in [0.1, 0.15) is 21.8 Å². The number of benzene rings is 2. The first-order chi connectivity index (χ1) is 15.4. The van der Waals surface area contributed by atoms with Gasteiger partial charge < -0.3 is 14.3 Å². The van der Waals surface area contributed by atoms with Gasteiger partial charge in [-0.25, -0.2) is 0 Å². The van der Waals surface area contributed by atoms with Gasteiger partial charge in [-0.15, -0.1) is 11.8 Å². The highest BCUT2D eigenvalue weighted by atomic mass is 35.5. The van der Waals surface area contributed by atoms with Crippen molar-refractivity contribution in [2.24, 2.45) is 0 Å². The lowest BCUT2D eigenvalue weighted by molar-refractivity contribution is -0.384. The fourth-order valence-corrected chi connectivity index (χ4v) is 4.72. The summed E-state index contributed by atoms with van der Waals surface area (Å²) >= 11 is 7.46. The molecular weight excluding hydrogens is 452 g/mol. The van der Waals surface area contributed by atoms with Gasteiger partial charge in [-0.2, -0.15) is 0 Å². The van der Waals surface area contributed by atoms with Gasteiger partial charge in [0.25, 0.3) is 11.6 Å². The van der Waals surface area contributed by atoms with Crippen LogP contribution in [0.5, 0.6) is 0 Å². The minimum atomic E-state index is -0.428. The average Bonchev–Trinajstić information content (AvgIpc) is 3.22. The van der Waals surface area contributed by atoms with Crippen molar-refractivity contribution in [1.82, 2.24) is 10.1 Å². The fraction of sp³-hybridized carbons (Fsp3) is 0.273. The van der Waals surface area contributed by atoms with Crippen LogP contribution >= 0.6 is 23.4 Å². The quantitative estimate of drug-likeness (QED) is 0.289. The van der Waals surface area contributed by atoms with Gasteiger partial charge >= 0.3 is 0 Å². The molecule has 1 aliphatic rings. The summed E-state index contributed by atoms with van der Waals surface area (Å²) < 4.78 is 5.26. The minimum Gasteiger partial charge on any atom is -0.362 e. The number of rotatable bonds is 6. The highest BCUT2D eigenvalue weighted by molar-refractivity contribution is 7.98. The number of nitro groups is 1. The van der Waals surface area contributed by atoms with E-state index in [4.69, 9.17) is 16.1 Å². The van der Waals surface area contributed by atoms with Crippen molar-refractivity contribution in [3.63, 3.8) is 0 Å². The Morgan fingerprint density at radius 2 is 1.94 bits per heavy atom. The van der Waals surface area contributed by atoms with Crippen LogP contribution in [0.25, 0.3) is 0 Å². The first-order valence-corrected chi connectivity index (χ1v) is 11.4. The molecule has 0 N–H and O–H groups in total. The van der Waals surface area contributed by atoms with Crippen LogP contribution in [-0.4, -0.2) is 47.1 Å². The largest absolute Gasteiger partial charge is 0.362 e. The van der Waals surface area contributed by atoms with E-state index in [1.165, 1.54) is 17.8 Å². The van der Waals surface area contributed by atoms with E-state index in [0.717, 1.165) is 16.3 Å². The molecule has 1 amide bonds. The maximum Gasteiger partial charge on any atom is 0.294 e. The second-order valence-corrected chi connectivity index (χ2v) is 8.84. The Morgan fingerprint density at radius 3 is 2.62 bits per heavy atom. The molecule has 0 bridgehead atoms. The van der Waals surface area contributed by atoms with Crippen molar-refractivity contribution in [2.45, 2.75) is 17.6 Å². The molecule has 0 aliphatic carbocycles. The molecule has 0 atom stereocenters.